The first-order chi connectivity index (χ1) is 8.65. The van der Waals surface area contributed by atoms with Crippen molar-refractivity contribution in [3.63, 3.8) is 0 Å². The predicted molar refractivity (Wildman–Crippen MR) is 70.8 cm³/mol. The number of aliphatic hydroxyl groups is 1. The van der Waals surface area contributed by atoms with Gasteiger partial charge in [0.15, 0.2) is 5.54 Å². The predicted octanol–water partition coefficient (Wildman–Crippen LogP) is 0.174. The summed E-state index contributed by atoms with van der Waals surface area (Å²) in [5, 5.41) is 9.42. The first-order valence-electron chi connectivity index (χ1n) is 6.87. The lowest BCUT2D eigenvalue weighted by Crippen LogP contribution is -2.90. The highest BCUT2D eigenvalue weighted by Gasteiger charge is 2.54. The van der Waals surface area contributed by atoms with Crippen LogP contribution < -0.4 is 4.99 Å². The van der Waals surface area contributed by atoms with Crippen molar-refractivity contribution in [1.82, 2.24) is 0 Å². The normalized spacial score (nSPS) is 40.8. The molecule has 110 valence electrons. The second-order valence-corrected chi connectivity index (χ2v) is 8.02. The Morgan fingerprint density at radius 3 is 1.74 bits per heavy atom. The Hall–Kier alpha value is -0.620. The third kappa shape index (κ3) is 4.18. The molecule has 0 saturated heterocycles. The summed E-state index contributed by atoms with van der Waals surface area (Å²) < 4.78 is 27.2. The molecule has 2 N–H and O–H groups in total. The molecule has 4 rings (SSSR count). The van der Waals surface area contributed by atoms with Gasteiger partial charge < -0.3 is 9.66 Å². The molecule has 4 aliphatic rings. The van der Waals surface area contributed by atoms with Gasteiger partial charge in [0.1, 0.15) is 0 Å². The molecule has 0 heterocycles. The van der Waals surface area contributed by atoms with Gasteiger partial charge in [-0.1, -0.05) is 0 Å². The molecule has 0 aromatic rings. The summed E-state index contributed by atoms with van der Waals surface area (Å²) in [7, 11) is -3.92. The molecule has 5 nitrogen and oxygen atoms in total. The van der Waals surface area contributed by atoms with Crippen molar-refractivity contribution in [2.24, 2.45) is 17.8 Å². The highest BCUT2D eigenvalue weighted by Crippen LogP contribution is 2.53. The van der Waals surface area contributed by atoms with Crippen molar-refractivity contribution in [3.8, 4) is 0 Å². The summed E-state index contributed by atoms with van der Waals surface area (Å²) in [5.74, 6) is 3.28. The van der Waals surface area contributed by atoms with Gasteiger partial charge in [-0.05, 0) is 37.0 Å². The zero-order valence-corrected chi connectivity index (χ0v) is 12.4. The van der Waals surface area contributed by atoms with E-state index in [2.05, 4.69) is 4.99 Å². The van der Waals surface area contributed by atoms with Crippen LogP contribution in [0.15, 0.2) is 0 Å². The topological polar surface area (TPSA) is 91.4 Å². The summed E-state index contributed by atoms with van der Waals surface area (Å²) in [5.41, 5.74) is 0.285. The molecule has 0 aromatic heterocycles. The maximum atomic E-state index is 9.42. The average molecular weight is 289 g/mol. The fraction of sp³-hybridized carbons (Fsp3) is 0.923. The van der Waals surface area contributed by atoms with E-state index in [0.717, 1.165) is 17.8 Å². The van der Waals surface area contributed by atoms with Crippen molar-refractivity contribution >= 4 is 16.0 Å². The Bertz CT molecular complexity index is 422. The van der Waals surface area contributed by atoms with E-state index in [1.165, 1.54) is 38.5 Å². The molecule has 19 heavy (non-hydrogen) atoms. The molecule has 4 saturated carbocycles. The van der Waals surface area contributed by atoms with Crippen LogP contribution in [0.2, 0.25) is 0 Å². The van der Waals surface area contributed by atoms with Gasteiger partial charge in [0.25, 0.3) is 0 Å². The SMILES string of the molecule is CC(O)=[NH+]C12CC3CC(CC(C3)C1)C2.CS(=O)(=O)[O-]. The van der Waals surface area contributed by atoms with Crippen LogP contribution in [0.1, 0.15) is 45.4 Å². The van der Waals surface area contributed by atoms with Gasteiger partial charge in [0, 0.05) is 25.5 Å². The molecule has 0 amide bonds. The number of hydrogen-bond donors (Lipinski definition) is 2. The van der Waals surface area contributed by atoms with Gasteiger partial charge in [-0.25, -0.2) is 13.4 Å². The molecule has 0 aromatic carbocycles. The molecule has 4 aliphatic carbocycles. The first-order valence-corrected chi connectivity index (χ1v) is 8.68. The van der Waals surface area contributed by atoms with Gasteiger partial charge in [-0.3, -0.25) is 0 Å². The van der Waals surface area contributed by atoms with Crippen LogP contribution in [0.4, 0.5) is 0 Å². The lowest BCUT2D eigenvalue weighted by atomic mass is 9.53. The van der Waals surface area contributed by atoms with Crippen LogP contribution in [-0.2, 0) is 10.1 Å². The van der Waals surface area contributed by atoms with Crippen LogP contribution in [0.25, 0.3) is 0 Å². The third-order valence-electron chi connectivity index (χ3n) is 4.48. The largest absolute Gasteiger partial charge is 0.748 e. The summed E-state index contributed by atoms with van der Waals surface area (Å²) in [4.78, 5) is 3.36. The highest BCUT2D eigenvalue weighted by atomic mass is 32.2. The number of rotatable bonds is 1. The van der Waals surface area contributed by atoms with Gasteiger partial charge in [-0.15, -0.1) is 0 Å². The summed E-state index contributed by atoms with van der Waals surface area (Å²) >= 11 is 0. The van der Waals surface area contributed by atoms with Crippen LogP contribution in [0, 0.1) is 17.8 Å². The molecule has 4 fully saturated rings. The van der Waals surface area contributed by atoms with Crippen molar-refractivity contribution in [1.29, 1.82) is 0 Å². The number of hydrogen-bond acceptors (Lipinski definition) is 3. The first kappa shape index (κ1) is 14.8. The quantitative estimate of drug-likeness (QED) is 0.409. The Morgan fingerprint density at radius 1 is 1.16 bits per heavy atom. The molecule has 4 bridgehead atoms. The number of aliphatic hydroxyl groups excluding tert-OH is 1. The summed E-state index contributed by atoms with van der Waals surface area (Å²) in [6.07, 6.45) is 8.90. The van der Waals surface area contributed by atoms with E-state index in [-0.39, 0.29) is 5.54 Å². The Balaban J connectivity index is 0.000000232. The minimum atomic E-state index is -3.92. The van der Waals surface area contributed by atoms with Crippen molar-refractivity contribution < 1.29 is 23.1 Å². The van der Waals surface area contributed by atoms with Crippen LogP contribution in [0.5, 0.6) is 0 Å². The van der Waals surface area contributed by atoms with E-state index in [1.54, 1.807) is 6.92 Å². The lowest BCUT2D eigenvalue weighted by Gasteiger charge is -2.51. The van der Waals surface area contributed by atoms with Crippen molar-refractivity contribution in [2.45, 2.75) is 51.0 Å². The van der Waals surface area contributed by atoms with E-state index in [0.29, 0.717) is 12.2 Å². The fourth-order valence-electron chi connectivity index (χ4n) is 4.65. The maximum absolute atomic E-state index is 9.42. The van der Waals surface area contributed by atoms with Crippen LogP contribution in [0.3, 0.4) is 0 Å². The molecule has 6 heteroatoms. The van der Waals surface area contributed by atoms with Gasteiger partial charge in [0.2, 0.25) is 0 Å². The van der Waals surface area contributed by atoms with E-state index in [9.17, 15) is 5.11 Å². The summed E-state index contributed by atoms with van der Waals surface area (Å²) in [6.45, 7) is 1.78. The van der Waals surface area contributed by atoms with Gasteiger partial charge in [0.05, 0.1) is 17.0 Å². The molecular weight excluding hydrogens is 266 g/mol. The molecule has 0 atom stereocenters. The summed E-state index contributed by atoms with van der Waals surface area (Å²) in [6, 6.07) is 0. The minimum Gasteiger partial charge on any atom is -0.748 e. The smallest absolute Gasteiger partial charge is 0.329 e. The van der Waals surface area contributed by atoms with Gasteiger partial charge in [-0.2, -0.15) is 0 Å². The van der Waals surface area contributed by atoms with Crippen molar-refractivity contribution in [2.75, 3.05) is 6.26 Å². The average Bonchev–Trinajstić information content (AvgIpc) is 2.08. The van der Waals surface area contributed by atoms with E-state index in [1.807, 2.05) is 0 Å². The Labute approximate surface area is 114 Å². The van der Waals surface area contributed by atoms with Crippen LogP contribution >= 0.6 is 0 Å². The van der Waals surface area contributed by atoms with E-state index >= 15 is 0 Å². The Kier molecular flexibility index (Phi) is 3.93. The molecular formula is C13H23NO4S. The second kappa shape index (κ2) is 5.05. The fourth-order valence-corrected chi connectivity index (χ4v) is 4.65. The number of nitrogens with one attached hydrogen (secondary N) is 1. The standard InChI is InChI=1S/C12H19NO.CH4O3S/c1-8(14)13-12-5-9-2-10(6-12)4-11(3-9)7-12;1-5(2,3)4/h9-11H,2-7H2,1H3,(H,13,14);1H3,(H,2,3,4). The van der Waals surface area contributed by atoms with E-state index in [4.69, 9.17) is 13.0 Å². The van der Waals surface area contributed by atoms with E-state index < -0.39 is 10.1 Å². The lowest BCUT2D eigenvalue weighted by molar-refractivity contribution is -0.581. The molecule has 0 spiro atoms. The minimum absolute atomic E-state index is 0.285. The molecule has 0 aliphatic heterocycles. The molecule has 0 radical (unpaired) electrons. The third-order valence-corrected chi connectivity index (χ3v) is 4.48. The van der Waals surface area contributed by atoms with Gasteiger partial charge >= 0.3 is 5.90 Å². The zero-order valence-electron chi connectivity index (χ0n) is 11.6. The highest BCUT2D eigenvalue weighted by molar-refractivity contribution is 7.84. The Morgan fingerprint density at radius 2 is 1.47 bits per heavy atom. The van der Waals surface area contributed by atoms with Crippen LogP contribution in [-0.4, -0.2) is 35.8 Å². The van der Waals surface area contributed by atoms with Crippen molar-refractivity contribution in [3.05, 3.63) is 0 Å². The maximum Gasteiger partial charge on any atom is 0.329 e. The second-order valence-electron chi connectivity index (χ2n) is 6.61. The molecule has 0 unspecified atom stereocenters. The monoisotopic (exact) mass is 289 g/mol. The zero-order chi connectivity index (χ0) is 14.3.